The van der Waals surface area contributed by atoms with Crippen LogP contribution < -0.4 is 5.32 Å². The highest BCUT2D eigenvalue weighted by Gasteiger charge is 2.38. The molecule has 2 unspecified atom stereocenters. The predicted octanol–water partition coefficient (Wildman–Crippen LogP) is 0.773. The monoisotopic (exact) mass is 187 g/mol. The summed E-state index contributed by atoms with van der Waals surface area (Å²) in [7, 11) is 1.70. The Morgan fingerprint density at radius 3 is 2.85 bits per heavy atom. The largest absolute Gasteiger partial charge is 0.394 e. The number of aliphatic hydroxyl groups is 1. The molecular formula is C10H21NO2. The van der Waals surface area contributed by atoms with Crippen molar-refractivity contribution >= 4 is 0 Å². The van der Waals surface area contributed by atoms with Gasteiger partial charge in [-0.1, -0.05) is 13.3 Å². The van der Waals surface area contributed by atoms with E-state index in [-0.39, 0.29) is 12.1 Å². The Morgan fingerprint density at radius 1 is 1.62 bits per heavy atom. The van der Waals surface area contributed by atoms with E-state index in [1.807, 2.05) is 0 Å². The number of rotatable bonds is 5. The van der Waals surface area contributed by atoms with Crippen LogP contribution >= 0.6 is 0 Å². The number of hydrogen-bond donors (Lipinski definition) is 2. The first-order valence-corrected chi connectivity index (χ1v) is 5.10. The van der Waals surface area contributed by atoms with Gasteiger partial charge in [0.15, 0.2) is 0 Å². The van der Waals surface area contributed by atoms with Crippen molar-refractivity contribution in [3.63, 3.8) is 0 Å². The summed E-state index contributed by atoms with van der Waals surface area (Å²) in [5.74, 6) is 0.578. The van der Waals surface area contributed by atoms with E-state index in [1.54, 1.807) is 7.11 Å². The van der Waals surface area contributed by atoms with E-state index >= 15 is 0 Å². The van der Waals surface area contributed by atoms with Gasteiger partial charge in [-0.05, 0) is 18.8 Å². The number of nitrogens with one attached hydrogen (secondary N) is 1. The summed E-state index contributed by atoms with van der Waals surface area (Å²) in [6, 6.07) is 0. The third-order valence-corrected chi connectivity index (χ3v) is 3.27. The minimum atomic E-state index is -0.0292. The molecule has 1 aliphatic rings. The summed E-state index contributed by atoms with van der Waals surface area (Å²) in [5, 5.41) is 12.8. The zero-order valence-electron chi connectivity index (χ0n) is 8.68. The Balaban J connectivity index is 2.39. The molecule has 3 heteroatoms. The lowest BCUT2D eigenvalue weighted by molar-refractivity contribution is 0.115. The van der Waals surface area contributed by atoms with Gasteiger partial charge in [0.2, 0.25) is 0 Å². The highest BCUT2D eigenvalue weighted by atomic mass is 16.5. The number of aliphatic hydroxyl groups excluding tert-OH is 1. The first-order chi connectivity index (χ1) is 6.25. The Hall–Kier alpha value is -0.120. The van der Waals surface area contributed by atoms with Gasteiger partial charge in [0.1, 0.15) is 0 Å². The molecule has 1 fully saturated rings. The molecule has 0 amide bonds. The molecule has 0 bridgehead atoms. The van der Waals surface area contributed by atoms with Crippen LogP contribution in [-0.2, 0) is 4.74 Å². The molecule has 13 heavy (non-hydrogen) atoms. The summed E-state index contributed by atoms with van der Waals surface area (Å²) < 4.78 is 4.98. The van der Waals surface area contributed by atoms with Crippen LogP contribution in [0.4, 0.5) is 0 Å². The maximum absolute atomic E-state index is 9.38. The molecule has 1 aliphatic carbocycles. The fourth-order valence-electron chi connectivity index (χ4n) is 2.20. The van der Waals surface area contributed by atoms with E-state index in [4.69, 9.17) is 4.74 Å². The standard InChI is InChI=1S/C10H21NO2/c1-9-4-3-5-10(9,8-12)11-6-7-13-2/h9,11-12H,3-8H2,1-2H3. The molecule has 0 aliphatic heterocycles. The average Bonchev–Trinajstić information content (AvgIpc) is 2.49. The van der Waals surface area contributed by atoms with Gasteiger partial charge in [0.05, 0.1) is 13.2 Å². The molecule has 0 aromatic heterocycles. The number of ether oxygens (including phenoxy) is 1. The normalized spacial score (nSPS) is 33.9. The van der Waals surface area contributed by atoms with Gasteiger partial charge in [0.25, 0.3) is 0 Å². The topological polar surface area (TPSA) is 41.5 Å². The molecule has 0 spiro atoms. The van der Waals surface area contributed by atoms with E-state index in [1.165, 1.54) is 12.8 Å². The third-order valence-electron chi connectivity index (χ3n) is 3.27. The van der Waals surface area contributed by atoms with Crippen LogP contribution in [0.15, 0.2) is 0 Å². The first kappa shape index (κ1) is 11.0. The highest BCUT2D eigenvalue weighted by molar-refractivity contribution is 4.96. The summed E-state index contributed by atoms with van der Waals surface area (Å²) in [4.78, 5) is 0. The second kappa shape index (κ2) is 4.94. The Morgan fingerprint density at radius 2 is 2.38 bits per heavy atom. The Bertz CT molecular complexity index is 152. The first-order valence-electron chi connectivity index (χ1n) is 5.10. The van der Waals surface area contributed by atoms with Crippen molar-refractivity contribution in [2.24, 2.45) is 5.92 Å². The minimum absolute atomic E-state index is 0.0292. The predicted molar refractivity (Wildman–Crippen MR) is 52.7 cm³/mol. The minimum Gasteiger partial charge on any atom is -0.394 e. The third kappa shape index (κ3) is 2.42. The molecule has 0 aromatic carbocycles. The fraction of sp³-hybridized carbons (Fsp3) is 1.00. The van der Waals surface area contributed by atoms with Crippen molar-refractivity contribution in [2.45, 2.75) is 31.7 Å². The average molecular weight is 187 g/mol. The van der Waals surface area contributed by atoms with Gasteiger partial charge in [-0.3, -0.25) is 0 Å². The van der Waals surface area contributed by atoms with Gasteiger partial charge in [-0.25, -0.2) is 0 Å². The van der Waals surface area contributed by atoms with Gasteiger partial charge in [-0.15, -0.1) is 0 Å². The quantitative estimate of drug-likeness (QED) is 0.625. The summed E-state index contributed by atoms with van der Waals surface area (Å²) in [5.41, 5.74) is -0.0292. The van der Waals surface area contributed by atoms with Crippen LogP contribution in [0.5, 0.6) is 0 Å². The van der Waals surface area contributed by atoms with Crippen LogP contribution in [0.2, 0.25) is 0 Å². The maximum Gasteiger partial charge on any atom is 0.0615 e. The van der Waals surface area contributed by atoms with Crippen LogP contribution in [0.25, 0.3) is 0 Å². The van der Waals surface area contributed by atoms with Crippen molar-refractivity contribution < 1.29 is 9.84 Å². The SMILES string of the molecule is COCCNC1(CO)CCCC1C. The zero-order chi connectivity index (χ0) is 9.73. The Kier molecular flexibility index (Phi) is 4.16. The van der Waals surface area contributed by atoms with Crippen LogP contribution in [0, 0.1) is 5.92 Å². The lowest BCUT2D eigenvalue weighted by atomic mass is 9.89. The molecule has 1 rings (SSSR count). The molecule has 0 heterocycles. The number of methoxy groups -OCH3 is 1. The zero-order valence-corrected chi connectivity index (χ0v) is 8.68. The van der Waals surface area contributed by atoms with Crippen molar-refractivity contribution in [2.75, 3.05) is 26.9 Å². The molecule has 2 N–H and O–H groups in total. The van der Waals surface area contributed by atoms with Crippen molar-refractivity contribution in [3.8, 4) is 0 Å². The maximum atomic E-state index is 9.38. The smallest absolute Gasteiger partial charge is 0.0615 e. The molecule has 2 atom stereocenters. The van der Waals surface area contributed by atoms with Crippen molar-refractivity contribution in [1.29, 1.82) is 0 Å². The molecule has 0 aromatic rings. The van der Waals surface area contributed by atoms with Crippen molar-refractivity contribution in [3.05, 3.63) is 0 Å². The van der Waals surface area contributed by atoms with Gasteiger partial charge in [-0.2, -0.15) is 0 Å². The highest BCUT2D eigenvalue weighted by Crippen LogP contribution is 2.34. The van der Waals surface area contributed by atoms with Crippen LogP contribution in [0.3, 0.4) is 0 Å². The molecule has 78 valence electrons. The summed E-state index contributed by atoms with van der Waals surface area (Å²) in [6.07, 6.45) is 3.54. The van der Waals surface area contributed by atoms with E-state index < -0.39 is 0 Å². The Labute approximate surface area is 80.5 Å². The van der Waals surface area contributed by atoms with Crippen LogP contribution in [-0.4, -0.2) is 37.5 Å². The molecular weight excluding hydrogens is 166 g/mol. The molecule has 3 nitrogen and oxygen atoms in total. The fourth-order valence-corrected chi connectivity index (χ4v) is 2.20. The van der Waals surface area contributed by atoms with Gasteiger partial charge >= 0.3 is 0 Å². The van der Waals surface area contributed by atoms with Gasteiger partial charge in [0, 0.05) is 19.2 Å². The van der Waals surface area contributed by atoms with Gasteiger partial charge < -0.3 is 15.2 Å². The van der Waals surface area contributed by atoms with Crippen molar-refractivity contribution in [1.82, 2.24) is 5.32 Å². The lowest BCUT2D eigenvalue weighted by Gasteiger charge is -2.33. The molecule has 0 saturated heterocycles. The van der Waals surface area contributed by atoms with E-state index in [0.717, 1.165) is 13.0 Å². The lowest BCUT2D eigenvalue weighted by Crippen LogP contribution is -2.51. The summed E-state index contributed by atoms with van der Waals surface area (Å²) >= 11 is 0. The molecule has 0 radical (unpaired) electrons. The molecule has 1 saturated carbocycles. The second-order valence-electron chi connectivity index (χ2n) is 4.03. The second-order valence-corrected chi connectivity index (χ2v) is 4.03. The van der Waals surface area contributed by atoms with E-state index in [9.17, 15) is 5.11 Å². The van der Waals surface area contributed by atoms with E-state index in [2.05, 4.69) is 12.2 Å². The number of hydrogen-bond acceptors (Lipinski definition) is 3. The summed E-state index contributed by atoms with van der Waals surface area (Å²) in [6.45, 7) is 4.01. The van der Waals surface area contributed by atoms with Crippen LogP contribution in [0.1, 0.15) is 26.2 Å². The van der Waals surface area contributed by atoms with E-state index in [0.29, 0.717) is 12.5 Å².